The summed E-state index contributed by atoms with van der Waals surface area (Å²) < 4.78 is 25.2. The average molecular weight is 358 g/mol. The lowest BCUT2D eigenvalue weighted by molar-refractivity contribution is -0.115. The zero-order chi connectivity index (χ0) is 18.0. The number of aryl methyl sites for hydroxylation is 2. The molecule has 0 saturated carbocycles. The second kappa shape index (κ2) is 6.88. The summed E-state index contributed by atoms with van der Waals surface area (Å²) in [5.74, 6) is -0.0821. The number of nitrogens with one attached hydrogen (secondary N) is 1. The molecule has 0 radical (unpaired) electrons. The van der Waals surface area contributed by atoms with Gasteiger partial charge in [0.15, 0.2) is 0 Å². The number of carbonyl (C=O) groups is 1. The molecule has 25 heavy (non-hydrogen) atoms. The third-order valence-electron chi connectivity index (χ3n) is 4.29. The minimum atomic E-state index is -3.27. The highest BCUT2D eigenvalue weighted by atomic mass is 32.2. The molecule has 0 bridgehead atoms. The van der Waals surface area contributed by atoms with Crippen molar-refractivity contribution in [3.63, 3.8) is 0 Å². The molecule has 0 fully saturated rings. The van der Waals surface area contributed by atoms with Crippen LogP contribution in [0.25, 0.3) is 0 Å². The molecule has 132 valence electrons. The van der Waals surface area contributed by atoms with Crippen LogP contribution in [-0.2, 0) is 27.7 Å². The van der Waals surface area contributed by atoms with E-state index >= 15 is 0 Å². The van der Waals surface area contributed by atoms with Crippen molar-refractivity contribution in [1.82, 2.24) is 0 Å². The summed E-state index contributed by atoms with van der Waals surface area (Å²) in [7, 11) is -3.27. The molecule has 1 aliphatic heterocycles. The van der Waals surface area contributed by atoms with E-state index in [1.165, 1.54) is 10.6 Å². The fourth-order valence-corrected chi connectivity index (χ4v) is 4.19. The molecular formula is C19H22N2O3S. The minimum Gasteiger partial charge on any atom is -0.326 e. The van der Waals surface area contributed by atoms with Crippen LogP contribution in [0.15, 0.2) is 42.5 Å². The predicted molar refractivity (Wildman–Crippen MR) is 100 cm³/mol. The van der Waals surface area contributed by atoms with Crippen molar-refractivity contribution in [2.45, 2.75) is 26.2 Å². The van der Waals surface area contributed by atoms with Crippen LogP contribution in [0.3, 0.4) is 0 Å². The summed E-state index contributed by atoms with van der Waals surface area (Å²) in [6.07, 6.45) is 3.12. The second-order valence-corrected chi connectivity index (χ2v) is 8.40. The van der Waals surface area contributed by atoms with Gasteiger partial charge in [-0.15, -0.1) is 0 Å². The summed E-state index contributed by atoms with van der Waals surface area (Å²) in [5, 5.41) is 2.91. The van der Waals surface area contributed by atoms with Gasteiger partial charge in [0.25, 0.3) is 0 Å². The van der Waals surface area contributed by atoms with Gasteiger partial charge in [0.05, 0.1) is 18.4 Å². The van der Waals surface area contributed by atoms with Crippen molar-refractivity contribution in [2.24, 2.45) is 0 Å². The van der Waals surface area contributed by atoms with Crippen molar-refractivity contribution in [1.29, 1.82) is 0 Å². The first kappa shape index (κ1) is 17.5. The Balaban J connectivity index is 1.75. The van der Waals surface area contributed by atoms with Crippen LogP contribution in [0.1, 0.15) is 23.1 Å². The van der Waals surface area contributed by atoms with Gasteiger partial charge >= 0.3 is 0 Å². The molecule has 1 N–H and O–H groups in total. The first-order valence-electron chi connectivity index (χ1n) is 8.29. The van der Waals surface area contributed by atoms with Crippen molar-refractivity contribution in [3.8, 4) is 0 Å². The molecule has 2 aromatic rings. The number of carbonyl (C=O) groups excluding carboxylic acids is 1. The topological polar surface area (TPSA) is 66.5 Å². The maximum atomic E-state index is 12.3. The zero-order valence-electron chi connectivity index (χ0n) is 14.5. The molecule has 1 aliphatic rings. The molecule has 2 aromatic carbocycles. The molecule has 3 rings (SSSR count). The van der Waals surface area contributed by atoms with E-state index in [2.05, 4.69) is 5.32 Å². The van der Waals surface area contributed by atoms with Crippen molar-refractivity contribution in [3.05, 3.63) is 59.2 Å². The van der Waals surface area contributed by atoms with Crippen molar-refractivity contribution < 1.29 is 13.2 Å². The van der Waals surface area contributed by atoms with Crippen LogP contribution < -0.4 is 9.62 Å². The van der Waals surface area contributed by atoms with Crippen LogP contribution in [-0.4, -0.2) is 27.1 Å². The largest absolute Gasteiger partial charge is 0.326 e. The second-order valence-electron chi connectivity index (χ2n) is 6.50. The van der Waals surface area contributed by atoms with Crippen molar-refractivity contribution in [2.75, 3.05) is 22.4 Å². The predicted octanol–water partition coefficient (Wildman–Crippen LogP) is 2.89. The Morgan fingerprint density at radius 2 is 2.00 bits per heavy atom. The molecular weight excluding hydrogens is 336 g/mol. The summed E-state index contributed by atoms with van der Waals surface area (Å²) in [5.41, 5.74) is 4.46. The van der Waals surface area contributed by atoms with Gasteiger partial charge in [-0.1, -0.05) is 29.8 Å². The summed E-state index contributed by atoms with van der Waals surface area (Å²) in [6, 6.07) is 13.3. The quantitative estimate of drug-likeness (QED) is 0.914. The fraction of sp³-hybridized carbons (Fsp3) is 0.316. The number of anilines is 2. The molecule has 0 aliphatic carbocycles. The Hall–Kier alpha value is -2.34. The Labute approximate surface area is 148 Å². The van der Waals surface area contributed by atoms with Gasteiger partial charge in [-0.25, -0.2) is 8.42 Å². The monoisotopic (exact) mass is 358 g/mol. The van der Waals surface area contributed by atoms with Crippen LogP contribution >= 0.6 is 0 Å². The normalized spacial score (nSPS) is 14.1. The average Bonchev–Trinajstić information content (AvgIpc) is 2.53. The molecule has 6 heteroatoms. The molecule has 0 spiro atoms. The highest BCUT2D eigenvalue weighted by molar-refractivity contribution is 7.92. The fourth-order valence-electron chi connectivity index (χ4n) is 3.20. The maximum absolute atomic E-state index is 12.3. The van der Waals surface area contributed by atoms with Gasteiger partial charge in [0, 0.05) is 12.2 Å². The van der Waals surface area contributed by atoms with Gasteiger partial charge in [-0.3, -0.25) is 9.10 Å². The summed E-state index contributed by atoms with van der Waals surface area (Å²) in [4.78, 5) is 12.3. The lowest BCUT2D eigenvalue weighted by Gasteiger charge is -2.29. The zero-order valence-corrected chi connectivity index (χ0v) is 15.3. The smallest absolute Gasteiger partial charge is 0.232 e. The number of amides is 1. The first-order chi connectivity index (χ1) is 11.8. The summed E-state index contributed by atoms with van der Waals surface area (Å²) in [6.45, 7) is 2.50. The Morgan fingerprint density at radius 1 is 1.20 bits per heavy atom. The lowest BCUT2D eigenvalue weighted by Crippen LogP contribution is -2.34. The number of nitrogens with zero attached hydrogens (tertiary/aromatic N) is 1. The van der Waals surface area contributed by atoms with E-state index in [0.717, 1.165) is 29.5 Å². The number of rotatable bonds is 4. The molecule has 0 saturated heterocycles. The Bertz CT molecular complexity index is 907. The standard InChI is InChI=1S/C19H22N2O3S/c1-14-5-3-6-15(11-14)12-19(22)20-17-8-9-18-16(13-17)7-4-10-21(18)25(2,23)24/h3,5-6,8-9,11,13H,4,7,10,12H2,1-2H3,(H,20,22). The number of hydrogen-bond donors (Lipinski definition) is 1. The van der Waals surface area contributed by atoms with E-state index < -0.39 is 10.0 Å². The van der Waals surface area contributed by atoms with Gasteiger partial charge in [-0.05, 0) is 49.1 Å². The molecule has 1 amide bonds. The molecule has 1 heterocycles. The third kappa shape index (κ3) is 4.20. The van der Waals surface area contributed by atoms with Gasteiger partial charge in [0.1, 0.15) is 0 Å². The highest BCUT2D eigenvalue weighted by Crippen LogP contribution is 2.31. The molecule has 0 aromatic heterocycles. The van der Waals surface area contributed by atoms with Crippen LogP contribution in [0.2, 0.25) is 0 Å². The van der Waals surface area contributed by atoms with Crippen LogP contribution in [0.4, 0.5) is 11.4 Å². The summed E-state index contributed by atoms with van der Waals surface area (Å²) >= 11 is 0. The minimum absolute atomic E-state index is 0.0821. The number of fused-ring (bicyclic) bond motifs is 1. The van der Waals surface area contributed by atoms with Crippen LogP contribution in [0.5, 0.6) is 0 Å². The van der Waals surface area contributed by atoms with Crippen molar-refractivity contribution >= 4 is 27.3 Å². The Kier molecular flexibility index (Phi) is 4.81. The highest BCUT2D eigenvalue weighted by Gasteiger charge is 2.24. The maximum Gasteiger partial charge on any atom is 0.232 e. The van der Waals surface area contributed by atoms with E-state index in [4.69, 9.17) is 0 Å². The lowest BCUT2D eigenvalue weighted by atomic mass is 10.0. The van der Waals surface area contributed by atoms with E-state index in [0.29, 0.717) is 24.3 Å². The number of sulfonamides is 1. The SMILES string of the molecule is Cc1cccc(CC(=O)Nc2ccc3c(c2)CCCN3S(C)(=O)=O)c1. The van der Waals surface area contributed by atoms with Gasteiger partial charge in [0.2, 0.25) is 15.9 Å². The first-order valence-corrected chi connectivity index (χ1v) is 10.1. The van der Waals surface area contributed by atoms with E-state index in [9.17, 15) is 13.2 Å². The molecule has 5 nitrogen and oxygen atoms in total. The van der Waals surface area contributed by atoms with Crippen LogP contribution in [0, 0.1) is 6.92 Å². The molecule has 0 atom stereocenters. The van der Waals surface area contributed by atoms with Gasteiger partial charge < -0.3 is 5.32 Å². The van der Waals surface area contributed by atoms with E-state index in [-0.39, 0.29) is 5.91 Å². The number of benzene rings is 2. The third-order valence-corrected chi connectivity index (χ3v) is 5.47. The molecule has 0 unspecified atom stereocenters. The van der Waals surface area contributed by atoms with E-state index in [1.54, 1.807) is 12.1 Å². The number of hydrogen-bond acceptors (Lipinski definition) is 3. The Morgan fingerprint density at radius 3 is 2.72 bits per heavy atom. The van der Waals surface area contributed by atoms with E-state index in [1.807, 2.05) is 37.3 Å². The van der Waals surface area contributed by atoms with Gasteiger partial charge in [-0.2, -0.15) is 0 Å².